The summed E-state index contributed by atoms with van der Waals surface area (Å²) in [5.41, 5.74) is 5.58. The van der Waals surface area contributed by atoms with E-state index in [0.29, 0.717) is 69.6 Å². The molecule has 0 unspecified atom stereocenters. The molecule has 2 fully saturated rings. The van der Waals surface area contributed by atoms with Crippen molar-refractivity contribution in [1.82, 2.24) is 14.2 Å². The summed E-state index contributed by atoms with van der Waals surface area (Å²) in [6, 6.07) is 9.84. The number of morpholine rings is 1. The predicted octanol–water partition coefficient (Wildman–Crippen LogP) is -0.0710. The van der Waals surface area contributed by atoms with Crippen LogP contribution >= 0.6 is 0 Å². The van der Waals surface area contributed by atoms with Crippen molar-refractivity contribution in [2.45, 2.75) is 4.90 Å². The Balaban J connectivity index is 1.32. The lowest BCUT2D eigenvalue weighted by molar-refractivity contribution is -0.119. The molecule has 1 aromatic carbocycles. The number of anilines is 1. The first kappa shape index (κ1) is 23.9. The van der Waals surface area contributed by atoms with Crippen LogP contribution in [0, 0.1) is 0 Å². The molecular weight excluding hydrogens is 462 g/mol. The van der Waals surface area contributed by atoms with Gasteiger partial charge >= 0.3 is 0 Å². The van der Waals surface area contributed by atoms with Gasteiger partial charge < -0.3 is 25.0 Å². The summed E-state index contributed by atoms with van der Waals surface area (Å²) >= 11 is 0. The molecule has 2 saturated heterocycles. The smallest absolute Gasteiger partial charge is 0.255 e. The molecule has 182 valence electrons. The van der Waals surface area contributed by atoms with Crippen LogP contribution < -0.4 is 15.4 Å². The maximum absolute atomic E-state index is 12.8. The van der Waals surface area contributed by atoms with Crippen LogP contribution in [0.1, 0.15) is 10.4 Å². The average Bonchev–Trinajstić information content (AvgIpc) is 2.88. The van der Waals surface area contributed by atoms with Gasteiger partial charge in [0.05, 0.1) is 13.2 Å². The zero-order valence-corrected chi connectivity index (χ0v) is 19.4. The van der Waals surface area contributed by atoms with E-state index in [0.717, 1.165) is 0 Å². The molecule has 2 aliphatic heterocycles. The van der Waals surface area contributed by atoms with Crippen molar-refractivity contribution in [3.63, 3.8) is 0 Å². The van der Waals surface area contributed by atoms with Gasteiger partial charge in [-0.15, -0.1) is 0 Å². The van der Waals surface area contributed by atoms with Crippen molar-refractivity contribution in [3.05, 3.63) is 48.2 Å². The number of ether oxygens (including phenoxy) is 2. The number of hydrogen-bond donors (Lipinski definition) is 1. The molecule has 2 amide bonds. The van der Waals surface area contributed by atoms with Gasteiger partial charge in [-0.2, -0.15) is 4.31 Å². The van der Waals surface area contributed by atoms with Crippen LogP contribution in [-0.2, 0) is 19.6 Å². The summed E-state index contributed by atoms with van der Waals surface area (Å²) in [5.74, 6) is 0.469. The molecule has 11 nitrogen and oxygen atoms in total. The van der Waals surface area contributed by atoms with Crippen LogP contribution in [0.5, 0.6) is 5.75 Å². The van der Waals surface area contributed by atoms with E-state index in [4.69, 9.17) is 15.2 Å². The van der Waals surface area contributed by atoms with Crippen molar-refractivity contribution >= 4 is 27.7 Å². The van der Waals surface area contributed by atoms with E-state index < -0.39 is 15.9 Å². The molecule has 1 aromatic heterocycles. The van der Waals surface area contributed by atoms with Gasteiger partial charge in [-0.3, -0.25) is 9.59 Å². The summed E-state index contributed by atoms with van der Waals surface area (Å²) < 4.78 is 37.4. The first-order chi connectivity index (χ1) is 16.3. The second kappa shape index (κ2) is 10.4. The van der Waals surface area contributed by atoms with Gasteiger partial charge in [-0.25, -0.2) is 13.4 Å². The molecule has 0 atom stereocenters. The fourth-order valence-corrected chi connectivity index (χ4v) is 5.17. The van der Waals surface area contributed by atoms with Gasteiger partial charge in [0.1, 0.15) is 16.5 Å². The average molecular weight is 490 g/mol. The second-order valence-electron chi connectivity index (χ2n) is 7.93. The van der Waals surface area contributed by atoms with Gasteiger partial charge in [-0.05, 0) is 36.4 Å². The van der Waals surface area contributed by atoms with Crippen LogP contribution in [0.3, 0.4) is 0 Å². The number of carbonyl (C=O) groups excluding carboxylic acids is 2. The molecule has 0 saturated carbocycles. The van der Waals surface area contributed by atoms with Crippen molar-refractivity contribution < 1.29 is 27.5 Å². The molecule has 2 N–H and O–H groups in total. The van der Waals surface area contributed by atoms with E-state index in [1.54, 1.807) is 41.3 Å². The first-order valence-corrected chi connectivity index (χ1v) is 12.4. The molecule has 0 spiro atoms. The van der Waals surface area contributed by atoms with Crippen LogP contribution in [-0.4, -0.2) is 93.5 Å². The summed E-state index contributed by atoms with van der Waals surface area (Å²) in [6.07, 6.45) is 1.39. The van der Waals surface area contributed by atoms with E-state index in [9.17, 15) is 18.0 Å². The van der Waals surface area contributed by atoms with Crippen LogP contribution in [0.15, 0.2) is 47.5 Å². The molecule has 0 bridgehead atoms. The number of sulfonamides is 1. The molecule has 0 radical (unpaired) electrons. The second-order valence-corrected chi connectivity index (χ2v) is 9.87. The zero-order chi connectivity index (χ0) is 24.1. The molecule has 0 aliphatic carbocycles. The Morgan fingerprint density at radius 2 is 1.65 bits per heavy atom. The Kier molecular flexibility index (Phi) is 7.29. The van der Waals surface area contributed by atoms with Crippen LogP contribution in [0.2, 0.25) is 0 Å². The minimum Gasteiger partial charge on any atom is -0.484 e. The highest BCUT2D eigenvalue weighted by Gasteiger charge is 2.27. The number of nitrogens with two attached hydrogens (primary N) is 1. The first-order valence-electron chi connectivity index (χ1n) is 10.9. The Hall–Kier alpha value is -3.22. The third kappa shape index (κ3) is 5.46. The number of nitrogens with zero attached hydrogens (tertiary/aromatic N) is 4. The third-order valence-electron chi connectivity index (χ3n) is 5.70. The fraction of sp³-hybridized carbons (Fsp3) is 0.409. The van der Waals surface area contributed by atoms with E-state index in [1.807, 2.05) is 4.90 Å². The number of pyridine rings is 1. The number of benzene rings is 1. The van der Waals surface area contributed by atoms with Crippen LogP contribution in [0.25, 0.3) is 0 Å². The molecule has 12 heteroatoms. The van der Waals surface area contributed by atoms with Gasteiger partial charge in [-0.1, -0.05) is 0 Å². The molecule has 3 heterocycles. The number of hydrogen-bond acceptors (Lipinski definition) is 8. The number of primary amides is 1. The van der Waals surface area contributed by atoms with E-state index in [1.165, 1.54) is 10.5 Å². The lowest BCUT2D eigenvalue weighted by atomic mass is 10.1. The minimum absolute atomic E-state index is 0.0963. The molecule has 34 heavy (non-hydrogen) atoms. The van der Waals surface area contributed by atoms with E-state index in [2.05, 4.69) is 4.98 Å². The highest BCUT2D eigenvalue weighted by atomic mass is 32.2. The predicted molar refractivity (Wildman–Crippen MR) is 123 cm³/mol. The Bertz CT molecular complexity index is 1110. The SMILES string of the molecule is NC(=O)COc1ccc(C(=O)N2CCN(c3ccc(S(=O)(=O)N4CCOCC4)cn3)CC2)cc1. The monoisotopic (exact) mass is 489 g/mol. The van der Waals surface area contributed by atoms with Gasteiger partial charge in [0.2, 0.25) is 10.0 Å². The van der Waals surface area contributed by atoms with Crippen molar-refractivity contribution in [2.75, 3.05) is 64.0 Å². The topological polar surface area (TPSA) is 135 Å². The summed E-state index contributed by atoms with van der Waals surface area (Å²) in [5, 5.41) is 0. The molecule has 4 rings (SSSR count). The summed E-state index contributed by atoms with van der Waals surface area (Å²) in [4.78, 5) is 31.9. The largest absolute Gasteiger partial charge is 0.484 e. The van der Waals surface area contributed by atoms with E-state index in [-0.39, 0.29) is 17.4 Å². The maximum atomic E-state index is 12.8. The lowest BCUT2D eigenvalue weighted by Gasteiger charge is -2.35. The highest BCUT2D eigenvalue weighted by molar-refractivity contribution is 7.89. The maximum Gasteiger partial charge on any atom is 0.255 e. The minimum atomic E-state index is -3.58. The van der Waals surface area contributed by atoms with Crippen molar-refractivity contribution in [3.8, 4) is 5.75 Å². The fourth-order valence-electron chi connectivity index (χ4n) is 3.82. The van der Waals surface area contributed by atoms with Gasteiger partial charge in [0, 0.05) is 51.0 Å². The number of rotatable bonds is 7. The normalized spacial score (nSPS) is 17.4. The molecule has 2 aromatic rings. The number of aromatic nitrogens is 1. The number of carbonyl (C=O) groups is 2. The van der Waals surface area contributed by atoms with E-state index >= 15 is 0 Å². The Morgan fingerprint density at radius 1 is 0.971 bits per heavy atom. The highest BCUT2D eigenvalue weighted by Crippen LogP contribution is 2.21. The number of piperazine rings is 1. The van der Waals surface area contributed by atoms with Gasteiger partial charge in [0.25, 0.3) is 11.8 Å². The number of amides is 2. The quantitative estimate of drug-likeness (QED) is 0.571. The molecule has 2 aliphatic rings. The van der Waals surface area contributed by atoms with Crippen molar-refractivity contribution in [1.29, 1.82) is 0 Å². The van der Waals surface area contributed by atoms with Crippen molar-refractivity contribution in [2.24, 2.45) is 5.73 Å². The zero-order valence-electron chi connectivity index (χ0n) is 18.6. The summed E-state index contributed by atoms with van der Waals surface area (Å²) in [7, 11) is -3.58. The van der Waals surface area contributed by atoms with Crippen LogP contribution in [0.4, 0.5) is 5.82 Å². The standard InChI is InChI=1S/C22H27N5O6S/c23-20(28)16-33-18-3-1-17(2-4-18)22(29)26-9-7-25(8-10-26)21-6-5-19(15-24-21)34(30,31)27-11-13-32-14-12-27/h1-6,15H,7-14,16H2,(H2,23,28). The van der Waals surface area contributed by atoms with Gasteiger partial charge in [0.15, 0.2) is 6.61 Å². The third-order valence-corrected chi connectivity index (χ3v) is 7.58. The molecular formula is C22H27N5O6S. The Morgan fingerprint density at radius 3 is 2.24 bits per heavy atom. The lowest BCUT2D eigenvalue weighted by Crippen LogP contribution is -2.49. The Labute approximate surface area is 198 Å². The summed E-state index contributed by atoms with van der Waals surface area (Å²) in [6.45, 7) is 3.41.